The monoisotopic (exact) mass is 453 g/mol. The Morgan fingerprint density at radius 2 is 2.21 bits per heavy atom. The minimum Gasteiger partial charge on any atom is -0.484 e. The molecule has 0 unspecified atom stereocenters. The van der Waals surface area contributed by atoms with Crippen LogP contribution in [0.25, 0.3) is 0 Å². The average molecular weight is 454 g/mol. The summed E-state index contributed by atoms with van der Waals surface area (Å²) in [6.07, 6.45) is 0. The van der Waals surface area contributed by atoms with Crippen LogP contribution in [-0.4, -0.2) is 26.4 Å². The molecule has 3 rings (SSSR count). The zero-order chi connectivity index (χ0) is 20.1. The second kappa shape index (κ2) is 9.30. The fraction of sp³-hybridized carbons (Fsp3) is 0.176. The molecule has 3 aromatic rings. The van der Waals surface area contributed by atoms with Crippen molar-refractivity contribution in [1.82, 2.24) is 14.8 Å². The molecule has 1 aromatic carbocycles. The van der Waals surface area contributed by atoms with Gasteiger partial charge in [0.25, 0.3) is 0 Å². The lowest BCUT2D eigenvalue weighted by Gasteiger charge is -2.08. The summed E-state index contributed by atoms with van der Waals surface area (Å²) in [6.45, 7) is 0.165. The highest BCUT2D eigenvalue weighted by atomic mass is 35.5. The molecule has 2 aromatic heterocycles. The van der Waals surface area contributed by atoms with Crippen molar-refractivity contribution in [3.63, 3.8) is 0 Å². The topological polar surface area (TPSA) is 92.8 Å². The van der Waals surface area contributed by atoms with E-state index in [2.05, 4.69) is 15.5 Å². The minimum atomic E-state index is -0.224. The van der Waals surface area contributed by atoms with Crippen LogP contribution >= 0.6 is 46.3 Å². The number of rotatable bonds is 7. The fourth-order valence-corrected chi connectivity index (χ4v) is 4.06. The molecule has 28 heavy (non-hydrogen) atoms. The molecule has 144 valence electrons. The number of benzene rings is 1. The molecule has 0 bridgehead atoms. The zero-order valence-electron chi connectivity index (χ0n) is 14.5. The number of carbonyl (C=O) groups excluding carboxylic acids is 1. The Bertz CT molecular complexity index is 1040. The summed E-state index contributed by atoms with van der Waals surface area (Å²) in [5.41, 5.74) is 0.447. The number of hydrogen-bond donors (Lipinski definition) is 1. The molecule has 0 atom stereocenters. The van der Waals surface area contributed by atoms with Crippen LogP contribution in [0.2, 0.25) is 10.0 Å². The van der Waals surface area contributed by atoms with Crippen molar-refractivity contribution >= 4 is 57.2 Å². The largest absolute Gasteiger partial charge is 0.484 e. The summed E-state index contributed by atoms with van der Waals surface area (Å²) in [6, 6.07) is 8.66. The van der Waals surface area contributed by atoms with Gasteiger partial charge in [0.1, 0.15) is 23.4 Å². The van der Waals surface area contributed by atoms with Gasteiger partial charge in [0.2, 0.25) is 5.91 Å². The summed E-state index contributed by atoms with van der Waals surface area (Å²) in [5.74, 6) is 0.988. The first-order chi connectivity index (χ1) is 13.5. The number of thiophene rings is 1. The summed E-state index contributed by atoms with van der Waals surface area (Å²) < 4.78 is 7.41. The van der Waals surface area contributed by atoms with Crippen molar-refractivity contribution in [3.8, 4) is 11.8 Å². The van der Waals surface area contributed by atoms with Crippen LogP contribution in [0.1, 0.15) is 11.4 Å². The third-order valence-electron chi connectivity index (χ3n) is 3.55. The maximum Gasteiger partial charge on any atom is 0.235 e. The van der Waals surface area contributed by atoms with Gasteiger partial charge in [-0.25, -0.2) is 0 Å². The van der Waals surface area contributed by atoms with Crippen LogP contribution in [-0.2, 0) is 18.4 Å². The standard InChI is InChI=1S/C17H13Cl2N5O2S2/c1-24-14(8-26-13-3-2-11(18)6-12(13)19)22-23-17(24)28-9-15(25)21-16-10(7-20)4-5-27-16/h2-6H,8-9H2,1H3,(H,21,25). The number of carbonyl (C=O) groups is 1. The maximum absolute atomic E-state index is 12.1. The Hall–Kier alpha value is -2.25. The second-order valence-electron chi connectivity index (χ2n) is 5.43. The Morgan fingerprint density at radius 1 is 1.39 bits per heavy atom. The molecule has 0 radical (unpaired) electrons. The average Bonchev–Trinajstić information content (AvgIpc) is 3.25. The molecular formula is C17H13Cl2N5O2S2. The van der Waals surface area contributed by atoms with E-state index >= 15 is 0 Å². The molecule has 0 aliphatic heterocycles. The van der Waals surface area contributed by atoms with Crippen LogP contribution < -0.4 is 10.1 Å². The lowest BCUT2D eigenvalue weighted by atomic mass is 10.3. The number of anilines is 1. The molecule has 7 nitrogen and oxygen atoms in total. The number of halogens is 2. The van der Waals surface area contributed by atoms with Gasteiger partial charge in [-0.2, -0.15) is 5.26 Å². The molecule has 0 aliphatic rings. The third kappa shape index (κ3) is 4.97. The molecular weight excluding hydrogens is 441 g/mol. The molecule has 0 aliphatic carbocycles. The highest BCUT2D eigenvalue weighted by Crippen LogP contribution is 2.28. The van der Waals surface area contributed by atoms with Crippen LogP contribution in [0.15, 0.2) is 34.8 Å². The third-order valence-corrected chi connectivity index (χ3v) is 5.93. The predicted octanol–water partition coefficient (Wildman–Crippen LogP) is 4.36. The Labute approximate surface area is 179 Å². The molecule has 0 spiro atoms. The van der Waals surface area contributed by atoms with Gasteiger partial charge >= 0.3 is 0 Å². The first-order valence-corrected chi connectivity index (χ1v) is 10.5. The quantitative estimate of drug-likeness (QED) is 0.533. The Kier molecular flexibility index (Phi) is 6.80. The van der Waals surface area contributed by atoms with Gasteiger partial charge in [-0.15, -0.1) is 21.5 Å². The Morgan fingerprint density at radius 3 is 2.96 bits per heavy atom. The van der Waals surface area contributed by atoms with E-state index < -0.39 is 0 Å². The number of ether oxygens (including phenoxy) is 1. The van der Waals surface area contributed by atoms with E-state index in [9.17, 15) is 4.79 Å². The normalized spacial score (nSPS) is 10.5. The lowest BCUT2D eigenvalue weighted by Crippen LogP contribution is -2.14. The first-order valence-electron chi connectivity index (χ1n) is 7.84. The molecule has 1 amide bonds. The van der Waals surface area contributed by atoms with Gasteiger partial charge in [0, 0.05) is 12.1 Å². The number of thioether (sulfide) groups is 1. The van der Waals surface area contributed by atoms with Gasteiger partial charge in [-0.3, -0.25) is 4.79 Å². The van der Waals surface area contributed by atoms with E-state index in [1.54, 1.807) is 41.3 Å². The fourth-order valence-electron chi connectivity index (χ4n) is 2.12. The van der Waals surface area contributed by atoms with Crippen LogP contribution in [0.5, 0.6) is 5.75 Å². The van der Waals surface area contributed by atoms with Crippen molar-refractivity contribution < 1.29 is 9.53 Å². The number of hydrogen-bond acceptors (Lipinski definition) is 7. The van der Waals surface area contributed by atoms with E-state index in [0.717, 1.165) is 0 Å². The van der Waals surface area contributed by atoms with Gasteiger partial charge in [0.05, 0.1) is 16.3 Å². The van der Waals surface area contributed by atoms with Crippen molar-refractivity contribution in [2.24, 2.45) is 7.05 Å². The Balaban J connectivity index is 1.55. The summed E-state index contributed by atoms with van der Waals surface area (Å²) in [4.78, 5) is 12.1. The van der Waals surface area contributed by atoms with Crippen molar-refractivity contribution in [2.75, 3.05) is 11.1 Å². The lowest BCUT2D eigenvalue weighted by molar-refractivity contribution is -0.113. The first kappa shape index (κ1) is 20.5. The highest BCUT2D eigenvalue weighted by Gasteiger charge is 2.14. The predicted molar refractivity (Wildman–Crippen MR) is 110 cm³/mol. The van der Waals surface area contributed by atoms with Crippen molar-refractivity contribution in [3.05, 3.63) is 51.1 Å². The van der Waals surface area contributed by atoms with E-state index in [-0.39, 0.29) is 18.3 Å². The molecule has 2 heterocycles. The molecule has 11 heteroatoms. The van der Waals surface area contributed by atoms with E-state index in [1.165, 1.54) is 23.1 Å². The second-order valence-corrected chi connectivity index (χ2v) is 8.14. The summed E-state index contributed by atoms with van der Waals surface area (Å²) >= 11 is 14.5. The van der Waals surface area contributed by atoms with Gasteiger partial charge in [0.15, 0.2) is 11.0 Å². The van der Waals surface area contributed by atoms with Gasteiger partial charge < -0.3 is 14.6 Å². The van der Waals surface area contributed by atoms with Crippen molar-refractivity contribution in [2.45, 2.75) is 11.8 Å². The summed E-state index contributed by atoms with van der Waals surface area (Å²) in [7, 11) is 1.79. The van der Waals surface area contributed by atoms with Gasteiger partial charge in [-0.05, 0) is 29.6 Å². The number of nitrogens with one attached hydrogen (secondary N) is 1. The van der Waals surface area contributed by atoms with E-state index in [0.29, 0.717) is 37.3 Å². The van der Waals surface area contributed by atoms with E-state index in [4.69, 9.17) is 33.2 Å². The SMILES string of the molecule is Cn1c(COc2ccc(Cl)cc2Cl)nnc1SCC(=O)Nc1sccc1C#N. The minimum absolute atomic E-state index is 0.138. The number of amides is 1. The zero-order valence-corrected chi connectivity index (χ0v) is 17.6. The molecule has 1 N–H and O–H groups in total. The van der Waals surface area contributed by atoms with Crippen LogP contribution in [0, 0.1) is 11.3 Å². The van der Waals surface area contributed by atoms with Gasteiger partial charge in [-0.1, -0.05) is 35.0 Å². The van der Waals surface area contributed by atoms with E-state index in [1.807, 2.05) is 6.07 Å². The summed E-state index contributed by atoms with van der Waals surface area (Å²) in [5, 5.41) is 23.7. The molecule has 0 saturated heterocycles. The molecule has 0 fully saturated rings. The van der Waals surface area contributed by atoms with Crippen molar-refractivity contribution in [1.29, 1.82) is 5.26 Å². The highest BCUT2D eigenvalue weighted by molar-refractivity contribution is 7.99. The maximum atomic E-state index is 12.1. The van der Waals surface area contributed by atoms with Crippen LogP contribution in [0.3, 0.4) is 0 Å². The smallest absolute Gasteiger partial charge is 0.235 e. The number of aromatic nitrogens is 3. The number of nitriles is 1. The molecule has 0 saturated carbocycles. The van der Waals surface area contributed by atoms with Crippen LogP contribution in [0.4, 0.5) is 5.00 Å². The number of nitrogens with zero attached hydrogens (tertiary/aromatic N) is 4.